The summed E-state index contributed by atoms with van der Waals surface area (Å²) in [6.45, 7) is 1.28. The molecule has 1 aliphatic heterocycles. The minimum atomic E-state index is -0.229. The summed E-state index contributed by atoms with van der Waals surface area (Å²) in [7, 11) is 0. The van der Waals surface area contributed by atoms with Gasteiger partial charge in [-0.3, -0.25) is 14.6 Å². The molecule has 0 saturated heterocycles. The molecular formula is C22H19N3O3. The molecule has 4 rings (SSSR count). The molecule has 0 atom stereocenters. The highest BCUT2D eigenvalue weighted by atomic mass is 16.5. The zero-order valence-electron chi connectivity index (χ0n) is 15.2. The van der Waals surface area contributed by atoms with Crippen molar-refractivity contribution in [1.82, 2.24) is 9.88 Å². The lowest BCUT2D eigenvalue weighted by Crippen LogP contribution is -2.32. The van der Waals surface area contributed by atoms with Crippen LogP contribution in [0.25, 0.3) is 0 Å². The van der Waals surface area contributed by atoms with Gasteiger partial charge >= 0.3 is 0 Å². The number of pyridine rings is 1. The summed E-state index contributed by atoms with van der Waals surface area (Å²) in [5.74, 6) is 0.146. The number of amides is 2. The van der Waals surface area contributed by atoms with E-state index in [1.165, 1.54) is 0 Å². The van der Waals surface area contributed by atoms with Gasteiger partial charge in [0.05, 0.1) is 24.3 Å². The van der Waals surface area contributed by atoms with Crippen molar-refractivity contribution in [3.8, 4) is 5.75 Å². The average Bonchev–Trinajstić information content (AvgIpc) is 2.89. The number of benzene rings is 2. The Balaban J connectivity index is 1.56. The van der Waals surface area contributed by atoms with E-state index < -0.39 is 0 Å². The van der Waals surface area contributed by atoms with Crippen LogP contribution in [0.2, 0.25) is 0 Å². The Bertz CT molecular complexity index is 990. The van der Waals surface area contributed by atoms with Crippen LogP contribution in [0.4, 0.5) is 5.69 Å². The fraction of sp³-hybridized carbons (Fsp3) is 0.136. The molecule has 3 aromatic rings. The summed E-state index contributed by atoms with van der Waals surface area (Å²) in [6, 6.07) is 19.7. The number of nitrogens with zero attached hydrogens (tertiary/aromatic N) is 2. The van der Waals surface area contributed by atoms with Crippen LogP contribution in [0.15, 0.2) is 72.9 Å². The largest absolute Gasteiger partial charge is 0.491 e. The zero-order chi connectivity index (χ0) is 19.3. The van der Waals surface area contributed by atoms with Gasteiger partial charge in [0.15, 0.2) is 0 Å². The van der Waals surface area contributed by atoms with E-state index in [0.717, 1.165) is 5.69 Å². The first kappa shape index (κ1) is 17.7. The monoisotopic (exact) mass is 373 g/mol. The predicted molar refractivity (Wildman–Crippen MR) is 105 cm³/mol. The van der Waals surface area contributed by atoms with Crippen molar-refractivity contribution in [2.24, 2.45) is 0 Å². The maximum Gasteiger partial charge on any atom is 0.258 e. The van der Waals surface area contributed by atoms with Gasteiger partial charge < -0.3 is 15.0 Å². The maximum absolute atomic E-state index is 13.1. The van der Waals surface area contributed by atoms with Crippen LogP contribution < -0.4 is 10.1 Å². The van der Waals surface area contributed by atoms with Gasteiger partial charge in [-0.05, 0) is 42.5 Å². The third kappa shape index (κ3) is 3.86. The van der Waals surface area contributed by atoms with Crippen LogP contribution in [0.5, 0.6) is 5.75 Å². The predicted octanol–water partition coefficient (Wildman–Crippen LogP) is 3.37. The number of aromatic nitrogens is 1. The van der Waals surface area contributed by atoms with Crippen LogP contribution in [0.1, 0.15) is 26.4 Å². The van der Waals surface area contributed by atoms with E-state index in [4.69, 9.17) is 4.74 Å². The molecule has 1 aromatic heterocycles. The van der Waals surface area contributed by atoms with Gasteiger partial charge in [0, 0.05) is 17.4 Å². The Morgan fingerprint density at radius 1 is 1.07 bits per heavy atom. The molecule has 1 aliphatic rings. The Hall–Kier alpha value is -3.67. The minimum absolute atomic E-state index is 0.144. The van der Waals surface area contributed by atoms with Gasteiger partial charge in [-0.15, -0.1) is 0 Å². The van der Waals surface area contributed by atoms with E-state index in [1.807, 2.05) is 24.3 Å². The molecule has 0 aliphatic carbocycles. The number of rotatable bonds is 4. The van der Waals surface area contributed by atoms with Crippen molar-refractivity contribution in [3.05, 3.63) is 89.7 Å². The lowest BCUT2D eigenvalue weighted by Gasteiger charge is -2.19. The maximum atomic E-state index is 13.1. The number of hydrogen-bond acceptors (Lipinski definition) is 4. The van der Waals surface area contributed by atoms with Crippen molar-refractivity contribution in [2.75, 3.05) is 18.5 Å². The summed E-state index contributed by atoms with van der Waals surface area (Å²) in [4.78, 5) is 31.4. The molecule has 6 nitrogen and oxygen atoms in total. The second-order valence-corrected chi connectivity index (χ2v) is 6.43. The van der Waals surface area contributed by atoms with Crippen LogP contribution in [-0.4, -0.2) is 34.8 Å². The Morgan fingerprint density at radius 3 is 2.68 bits per heavy atom. The quantitative estimate of drug-likeness (QED) is 0.761. The van der Waals surface area contributed by atoms with Crippen molar-refractivity contribution in [3.63, 3.8) is 0 Å². The van der Waals surface area contributed by atoms with E-state index in [2.05, 4.69) is 10.3 Å². The Kier molecular flexibility index (Phi) is 5.01. The molecule has 2 aromatic carbocycles. The molecule has 0 saturated carbocycles. The topological polar surface area (TPSA) is 71.5 Å². The van der Waals surface area contributed by atoms with Crippen molar-refractivity contribution < 1.29 is 14.3 Å². The molecule has 140 valence electrons. The fourth-order valence-electron chi connectivity index (χ4n) is 3.07. The summed E-state index contributed by atoms with van der Waals surface area (Å²) in [6.07, 6.45) is 1.71. The number of carbonyl (C=O) groups excluding carboxylic acids is 2. The van der Waals surface area contributed by atoms with Gasteiger partial charge in [-0.25, -0.2) is 0 Å². The van der Waals surface area contributed by atoms with Crippen molar-refractivity contribution in [1.29, 1.82) is 0 Å². The highest BCUT2D eigenvalue weighted by Gasteiger charge is 2.24. The van der Waals surface area contributed by atoms with Gasteiger partial charge in [0.25, 0.3) is 11.8 Å². The van der Waals surface area contributed by atoms with E-state index in [1.54, 1.807) is 53.6 Å². The molecular weight excluding hydrogens is 354 g/mol. The molecule has 2 amide bonds. The molecule has 0 spiro atoms. The van der Waals surface area contributed by atoms with Gasteiger partial charge in [-0.1, -0.05) is 24.3 Å². The van der Waals surface area contributed by atoms with Crippen LogP contribution >= 0.6 is 0 Å². The second kappa shape index (κ2) is 7.92. The van der Waals surface area contributed by atoms with E-state index in [9.17, 15) is 9.59 Å². The smallest absolute Gasteiger partial charge is 0.258 e. The molecule has 0 bridgehead atoms. The number of nitrogens with one attached hydrogen (secondary N) is 1. The normalized spacial score (nSPS) is 13.3. The molecule has 0 radical (unpaired) electrons. The van der Waals surface area contributed by atoms with Crippen molar-refractivity contribution in [2.45, 2.75) is 6.54 Å². The van der Waals surface area contributed by atoms with Crippen molar-refractivity contribution >= 4 is 17.5 Å². The molecule has 1 N–H and O–H groups in total. The third-order valence-electron chi connectivity index (χ3n) is 4.49. The summed E-state index contributed by atoms with van der Waals surface area (Å²) in [5, 5.41) is 2.84. The first-order valence-electron chi connectivity index (χ1n) is 9.03. The highest BCUT2D eigenvalue weighted by molar-refractivity contribution is 6.05. The SMILES string of the molecule is O=C(Nc1ccc2c(c1)C(=O)N(Cc1ccccn1)CCO2)c1ccccc1. The lowest BCUT2D eigenvalue weighted by atomic mass is 10.1. The minimum Gasteiger partial charge on any atom is -0.491 e. The number of ether oxygens (including phenoxy) is 1. The zero-order valence-corrected chi connectivity index (χ0v) is 15.2. The van der Waals surface area contributed by atoms with Crippen LogP contribution in [-0.2, 0) is 6.54 Å². The first-order chi connectivity index (χ1) is 13.7. The summed E-state index contributed by atoms with van der Waals surface area (Å²) < 4.78 is 5.74. The summed E-state index contributed by atoms with van der Waals surface area (Å²) in [5.41, 5.74) is 2.34. The lowest BCUT2D eigenvalue weighted by molar-refractivity contribution is 0.0740. The number of carbonyl (C=O) groups is 2. The molecule has 0 unspecified atom stereocenters. The molecule has 2 heterocycles. The first-order valence-corrected chi connectivity index (χ1v) is 9.03. The summed E-state index contributed by atoms with van der Waals surface area (Å²) >= 11 is 0. The highest BCUT2D eigenvalue weighted by Crippen LogP contribution is 2.27. The molecule has 28 heavy (non-hydrogen) atoms. The fourth-order valence-corrected chi connectivity index (χ4v) is 3.07. The van der Waals surface area contributed by atoms with Gasteiger partial charge in [-0.2, -0.15) is 0 Å². The average molecular weight is 373 g/mol. The van der Waals surface area contributed by atoms with E-state index in [0.29, 0.717) is 42.3 Å². The van der Waals surface area contributed by atoms with Gasteiger partial charge in [0.2, 0.25) is 0 Å². The number of fused-ring (bicyclic) bond motifs is 1. The van der Waals surface area contributed by atoms with Crippen LogP contribution in [0, 0.1) is 0 Å². The number of hydrogen-bond donors (Lipinski definition) is 1. The number of anilines is 1. The van der Waals surface area contributed by atoms with E-state index >= 15 is 0 Å². The Labute approximate surface area is 162 Å². The van der Waals surface area contributed by atoms with Crippen LogP contribution in [0.3, 0.4) is 0 Å². The Morgan fingerprint density at radius 2 is 1.89 bits per heavy atom. The molecule has 6 heteroatoms. The standard InChI is InChI=1S/C22H19N3O3/c26-21(16-6-2-1-3-7-16)24-17-9-10-20-19(14-17)22(27)25(12-13-28-20)15-18-8-4-5-11-23-18/h1-11,14H,12-13,15H2,(H,24,26). The second-order valence-electron chi connectivity index (χ2n) is 6.43. The molecule has 0 fully saturated rings. The van der Waals surface area contributed by atoms with E-state index in [-0.39, 0.29) is 11.8 Å². The van der Waals surface area contributed by atoms with Gasteiger partial charge in [0.1, 0.15) is 12.4 Å². The third-order valence-corrected chi connectivity index (χ3v) is 4.49.